The molecule has 0 aliphatic carbocycles. The van der Waals surface area contributed by atoms with Gasteiger partial charge in [0.05, 0.1) is 0 Å². The topological polar surface area (TPSA) is 0 Å². The highest BCUT2D eigenvalue weighted by molar-refractivity contribution is 6.30. The molecule has 0 saturated heterocycles. The van der Waals surface area contributed by atoms with Crippen LogP contribution in [0.5, 0.6) is 0 Å². The Balaban J connectivity index is 1.71. The smallest absolute Gasteiger partial charge is 0.127 e. The molecule has 0 bridgehead atoms. The molecule has 3 aromatic carbocycles. The summed E-state index contributed by atoms with van der Waals surface area (Å²) in [7, 11) is 0. The third kappa shape index (κ3) is 4.80. The summed E-state index contributed by atoms with van der Waals surface area (Å²) in [6.45, 7) is 2.13. The first-order valence-corrected chi connectivity index (χ1v) is 8.76. The van der Waals surface area contributed by atoms with Crippen molar-refractivity contribution < 1.29 is 4.39 Å². The van der Waals surface area contributed by atoms with Gasteiger partial charge in [0.25, 0.3) is 0 Å². The van der Waals surface area contributed by atoms with E-state index in [2.05, 4.69) is 19.1 Å². The standard InChI is InChI=1S/C23H20ClF/c1-17(20-5-3-2-4-6-20)15-21-12-9-19(16-23(21)25)8-7-18-10-13-22(24)14-11-18/h2-14,16-17H,15H2,1H3/b8-7+. The summed E-state index contributed by atoms with van der Waals surface area (Å²) in [5.74, 6) is 0.132. The zero-order chi connectivity index (χ0) is 17.6. The van der Waals surface area contributed by atoms with Crippen LogP contribution >= 0.6 is 11.6 Å². The lowest BCUT2D eigenvalue weighted by Crippen LogP contribution is -2.00. The van der Waals surface area contributed by atoms with Crippen molar-refractivity contribution in [2.75, 3.05) is 0 Å². The fourth-order valence-electron chi connectivity index (χ4n) is 2.83. The van der Waals surface area contributed by atoms with E-state index in [1.165, 1.54) is 5.56 Å². The predicted molar refractivity (Wildman–Crippen MR) is 105 cm³/mol. The molecule has 25 heavy (non-hydrogen) atoms. The minimum Gasteiger partial charge on any atom is -0.207 e. The van der Waals surface area contributed by atoms with Crippen LogP contribution in [0.4, 0.5) is 4.39 Å². The van der Waals surface area contributed by atoms with Crippen LogP contribution in [-0.4, -0.2) is 0 Å². The summed E-state index contributed by atoms with van der Waals surface area (Å²) in [4.78, 5) is 0. The van der Waals surface area contributed by atoms with Crippen LogP contribution in [0.2, 0.25) is 5.02 Å². The van der Waals surface area contributed by atoms with Gasteiger partial charge in [-0.3, -0.25) is 0 Å². The maximum absolute atomic E-state index is 14.5. The second-order valence-electron chi connectivity index (χ2n) is 6.25. The molecule has 3 aromatic rings. The molecule has 126 valence electrons. The van der Waals surface area contributed by atoms with E-state index in [4.69, 9.17) is 11.6 Å². The Morgan fingerprint density at radius 3 is 2.20 bits per heavy atom. The van der Waals surface area contributed by atoms with Gasteiger partial charge in [0.1, 0.15) is 5.82 Å². The number of benzene rings is 3. The van der Waals surface area contributed by atoms with Crippen LogP contribution in [0.3, 0.4) is 0 Å². The second kappa shape index (κ2) is 8.13. The molecule has 1 unspecified atom stereocenters. The molecule has 0 heterocycles. The Morgan fingerprint density at radius 1 is 0.880 bits per heavy atom. The molecule has 0 spiro atoms. The molecule has 0 amide bonds. The Hall–Kier alpha value is -2.38. The normalized spacial score (nSPS) is 12.4. The van der Waals surface area contributed by atoms with Gasteiger partial charge in [0.2, 0.25) is 0 Å². The SMILES string of the molecule is CC(Cc1ccc(/C=C/c2ccc(Cl)cc2)cc1F)c1ccccc1. The van der Waals surface area contributed by atoms with E-state index < -0.39 is 0 Å². The summed E-state index contributed by atoms with van der Waals surface area (Å²) in [6, 6.07) is 23.2. The van der Waals surface area contributed by atoms with Gasteiger partial charge < -0.3 is 0 Å². The van der Waals surface area contributed by atoms with Crippen molar-refractivity contribution in [2.45, 2.75) is 19.3 Å². The van der Waals surface area contributed by atoms with E-state index >= 15 is 0 Å². The van der Waals surface area contributed by atoms with E-state index in [9.17, 15) is 4.39 Å². The summed E-state index contributed by atoms with van der Waals surface area (Å²) >= 11 is 5.88. The average molecular weight is 351 g/mol. The number of rotatable bonds is 5. The van der Waals surface area contributed by atoms with Gasteiger partial charge in [0, 0.05) is 5.02 Å². The average Bonchev–Trinajstić information content (AvgIpc) is 2.64. The van der Waals surface area contributed by atoms with Crippen LogP contribution in [0, 0.1) is 5.82 Å². The lowest BCUT2D eigenvalue weighted by molar-refractivity contribution is 0.597. The van der Waals surface area contributed by atoms with E-state index in [1.807, 2.05) is 66.7 Å². The van der Waals surface area contributed by atoms with Gasteiger partial charge in [-0.05, 0) is 52.8 Å². The van der Waals surface area contributed by atoms with Crippen LogP contribution in [0.1, 0.15) is 35.1 Å². The van der Waals surface area contributed by atoms with Gasteiger partial charge in [0.15, 0.2) is 0 Å². The minimum absolute atomic E-state index is 0.152. The largest absolute Gasteiger partial charge is 0.207 e. The van der Waals surface area contributed by atoms with Gasteiger partial charge in [-0.25, -0.2) is 4.39 Å². The lowest BCUT2D eigenvalue weighted by atomic mass is 9.93. The fourth-order valence-corrected chi connectivity index (χ4v) is 2.95. The molecule has 0 fully saturated rings. The Labute approximate surface area is 153 Å². The van der Waals surface area contributed by atoms with Gasteiger partial charge >= 0.3 is 0 Å². The van der Waals surface area contributed by atoms with E-state index in [1.54, 1.807) is 6.07 Å². The highest BCUT2D eigenvalue weighted by atomic mass is 35.5. The number of hydrogen-bond acceptors (Lipinski definition) is 0. The lowest BCUT2D eigenvalue weighted by Gasteiger charge is -2.13. The second-order valence-corrected chi connectivity index (χ2v) is 6.69. The third-order valence-electron chi connectivity index (χ3n) is 4.31. The first kappa shape index (κ1) is 17.4. The van der Waals surface area contributed by atoms with E-state index in [0.29, 0.717) is 11.4 Å². The number of hydrogen-bond donors (Lipinski definition) is 0. The zero-order valence-electron chi connectivity index (χ0n) is 14.1. The highest BCUT2D eigenvalue weighted by Crippen LogP contribution is 2.23. The molecule has 0 aliphatic rings. The molecular weight excluding hydrogens is 331 g/mol. The Bertz CT molecular complexity index is 851. The van der Waals surface area contributed by atoms with Crippen LogP contribution in [0.15, 0.2) is 72.8 Å². The number of halogens is 2. The zero-order valence-corrected chi connectivity index (χ0v) is 14.9. The Morgan fingerprint density at radius 2 is 1.52 bits per heavy atom. The molecule has 0 radical (unpaired) electrons. The van der Waals surface area contributed by atoms with Gasteiger partial charge in [-0.2, -0.15) is 0 Å². The molecule has 0 saturated carbocycles. The van der Waals surface area contributed by atoms with Crippen molar-refractivity contribution in [2.24, 2.45) is 0 Å². The first-order valence-electron chi connectivity index (χ1n) is 8.39. The quantitative estimate of drug-likeness (QED) is 0.435. The third-order valence-corrected chi connectivity index (χ3v) is 4.56. The summed E-state index contributed by atoms with van der Waals surface area (Å²) in [6.07, 6.45) is 4.56. The molecule has 1 atom stereocenters. The Kier molecular flexibility index (Phi) is 5.67. The highest BCUT2D eigenvalue weighted by Gasteiger charge is 2.10. The van der Waals surface area contributed by atoms with Crippen LogP contribution in [-0.2, 0) is 6.42 Å². The first-order chi connectivity index (χ1) is 12.1. The summed E-state index contributed by atoms with van der Waals surface area (Å²) < 4.78 is 14.5. The fraction of sp³-hybridized carbons (Fsp3) is 0.130. The van der Waals surface area contributed by atoms with Crippen molar-refractivity contribution in [3.63, 3.8) is 0 Å². The molecule has 0 nitrogen and oxygen atoms in total. The molecule has 0 aromatic heterocycles. The van der Waals surface area contributed by atoms with Crippen molar-refractivity contribution in [3.05, 3.63) is 106 Å². The van der Waals surface area contributed by atoms with Gasteiger partial charge in [-0.15, -0.1) is 0 Å². The molecule has 2 heteroatoms. The van der Waals surface area contributed by atoms with Crippen molar-refractivity contribution in [1.82, 2.24) is 0 Å². The van der Waals surface area contributed by atoms with Crippen molar-refractivity contribution in [3.8, 4) is 0 Å². The van der Waals surface area contributed by atoms with E-state index in [0.717, 1.165) is 16.7 Å². The summed E-state index contributed by atoms with van der Waals surface area (Å²) in [5, 5.41) is 0.708. The predicted octanol–water partition coefficient (Wildman–Crippen LogP) is 7.00. The van der Waals surface area contributed by atoms with Crippen molar-refractivity contribution >= 4 is 23.8 Å². The van der Waals surface area contributed by atoms with Gasteiger partial charge in [-0.1, -0.05) is 85.3 Å². The van der Waals surface area contributed by atoms with E-state index in [-0.39, 0.29) is 11.7 Å². The minimum atomic E-state index is -0.152. The maximum atomic E-state index is 14.5. The monoisotopic (exact) mass is 350 g/mol. The van der Waals surface area contributed by atoms with Crippen LogP contribution < -0.4 is 0 Å². The summed E-state index contributed by atoms with van der Waals surface area (Å²) in [5.41, 5.74) is 3.86. The molecular formula is C23H20ClF. The maximum Gasteiger partial charge on any atom is 0.127 e. The molecule has 3 rings (SSSR count). The molecule has 0 aliphatic heterocycles. The molecule has 0 N–H and O–H groups in total. The van der Waals surface area contributed by atoms with Crippen molar-refractivity contribution in [1.29, 1.82) is 0 Å². The van der Waals surface area contributed by atoms with Crippen LogP contribution in [0.25, 0.3) is 12.2 Å².